The van der Waals surface area contributed by atoms with Crippen molar-refractivity contribution in [2.45, 2.75) is 46.8 Å². The molecule has 1 aliphatic heterocycles. The lowest BCUT2D eigenvalue weighted by molar-refractivity contribution is -0.114. The number of thiocarbonyl (C=S) groups is 1. The molecule has 24 heavy (non-hydrogen) atoms. The Morgan fingerprint density at radius 1 is 1.46 bits per heavy atom. The predicted octanol–water partition coefficient (Wildman–Crippen LogP) is 4.24. The molecule has 1 heterocycles. The number of ketones is 1. The average Bonchev–Trinajstić information content (AvgIpc) is 2.48. The van der Waals surface area contributed by atoms with Crippen molar-refractivity contribution in [3.05, 3.63) is 40.1 Å². The number of nitrogens with one attached hydrogen (secondary N) is 1. The van der Waals surface area contributed by atoms with Crippen molar-refractivity contribution in [1.82, 2.24) is 10.2 Å². The molecular formula is C18H23ClN2O2S. The third-order valence-electron chi connectivity index (χ3n) is 3.94. The summed E-state index contributed by atoms with van der Waals surface area (Å²) in [7, 11) is 0. The molecule has 0 amide bonds. The average molecular weight is 367 g/mol. The molecule has 0 radical (unpaired) electrons. The molecule has 6 heteroatoms. The largest absolute Gasteiger partial charge is 0.489 e. The molecule has 0 bridgehead atoms. The summed E-state index contributed by atoms with van der Waals surface area (Å²) in [5.74, 6) is 0.652. The Morgan fingerprint density at radius 3 is 2.62 bits per heavy atom. The van der Waals surface area contributed by atoms with Gasteiger partial charge in [0.05, 0.1) is 17.2 Å². The minimum atomic E-state index is -0.302. The van der Waals surface area contributed by atoms with Gasteiger partial charge in [0.2, 0.25) is 0 Å². The fourth-order valence-electron chi connectivity index (χ4n) is 2.92. The summed E-state index contributed by atoms with van der Waals surface area (Å²) in [6.45, 7) is 10.1. The third-order valence-corrected chi connectivity index (χ3v) is 4.58. The van der Waals surface area contributed by atoms with E-state index in [1.54, 1.807) is 6.92 Å². The smallest absolute Gasteiger partial charge is 0.173 e. The number of carbonyl (C=O) groups excluding carboxylic acids is 1. The summed E-state index contributed by atoms with van der Waals surface area (Å²) >= 11 is 11.8. The number of carbonyl (C=O) groups is 1. The summed E-state index contributed by atoms with van der Waals surface area (Å²) in [6.07, 6.45) is 0.0433. The van der Waals surface area contributed by atoms with Crippen molar-refractivity contribution in [3.63, 3.8) is 0 Å². The highest BCUT2D eigenvalue weighted by atomic mass is 35.5. The van der Waals surface area contributed by atoms with Crippen LogP contribution >= 0.6 is 23.8 Å². The zero-order chi connectivity index (χ0) is 18.0. The maximum absolute atomic E-state index is 12.2. The summed E-state index contributed by atoms with van der Waals surface area (Å²) in [4.78, 5) is 14.2. The van der Waals surface area contributed by atoms with Gasteiger partial charge in [0, 0.05) is 17.8 Å². The van der Waals surface area contributed by atoms with E-state index in [2.05, 4.69) is 5.32 Å². The van der Waals surface area contributed by atoms with Crippen LogP contribution in [0.5, 0.6) is 5.75 Å². The second-order valence-electron chi connectivity index (χ2n) is 6.04. The van der Waals surface area contributed by atoms with E-state index >= 15 is 0 Å². The first-order valence-electron chi connectivity index (χ1n) is 8.02. The lowest BCUT2D eigenvalue weighted by atomic mass is 9.92. The number of rotatable bonds is 5. The zero-order valence-corrected chi connectivity index (χ0v) is 16.2. The molecule has 0 saturated heterocycles. The van der Waals surface area contributed by atoms with Crippen LogP contribution < -0.4 is 10.1 Å². The summed E-state index contributed by atoms with van der Waals surface area (Å²) < 4.78 is 5.67. The SMILES string of the molecule is CCN1C(=S)NC(c2ccc(OC(C)C)c(Cl)c2)C(C(C)=O)=C1C. The highest BCUT2D eigenvalue weighted by Crippen LogP contribution is 2.35. The minimum absolute atomic E-state index is 0.0181. The Bertz CT molecular complexity index is 700. The van der Waals surface area contributed by atoms with E-state index < -0.39 is 0 Å². The van der Waals surface area contributed by atoms with Crippen molar-refractivity contribution in [1.29, 1.82) is 0 Å². The van der Waals surface area contributed by atoms with Gasteiger partial charge in [-0.1, -0.05) is 17.7 Å². The predicted molar refractivity (Wildman–Crippen MR) is 101 cm³/mol. The first-order valence-corrected chi connectivity index (χ1v) is 8.80. The molecule has 1 aliphatic rings. The first kappa shape index (κ1) is 18.7. The number of ether oxygens (including phenoxy) is 1. The Balaban J connectivity index is 2.46. The molecule has 4 nitrogen and oxygen atoms in total. The zero-order valence-electron chi connectivity index (χ0n) is 14.6. The van der Waals surface area contributed by atoms with Gasteiger partial charge in [0.1, 0.15) is 5.75 Å². The van der Waals surface area contributed by atoms with Crippen LogP contribution in [0.1, 0.15) is 46.2 Å². The van der Waals surface area contributed by atoms with E-state index in [1.165, 1.54) is 0 Å². The van der Waals surface area contributed by atoms with Crippen LogP contribution in [0.3, 0.4) is 0 Å². The maximum Gasteiger partial charge on any atom is 0.173 e. The van der Waals surface area contributed by atoms with Gasteiger partial charge >= 0.3 is 0 Å². The van der Waals surface area contributed by atoms with Gasteiger partial charge < -0.3 is 15.0 Å². The van der Waals surface area contributed by atoms with Gasteiger partial charge in [-0.15, -0.1) is 0 Å². The fraction of sp³-hybridized carbons (Fsp3) is 0.444. The molecule has 0 aromatic heterocycles. The van der Waals surface area contributed by atoms with Crippen LogP contribution in [0.4, 0.5) is 0 Å². The van der Waals surface area contributed by atoms with Crippen molar-refractivity contribution in [2.75, 3.05) is 6.54 Å². The van der Waals surface area contributed by atoms with Gasteiger partial charge in [-0.2, -0.15) is 0 Å². The highest BCUT2D eigenvalue weighted by molar-refractivity contribution is 7.80. The number of hydrogen-bond acceptors (Lipinski definition) is 3. The van der Waals surface area contributed by atoms with E-state index in [0.29, 0.717) is 28.0 Å². The van der Waals surface area contributed by atoms with Gasteiger partial charge in [-0.05, 0) is 64.5 Å². The van der Waals surface area contributed by atoms with E-state index in [-0.39, 0.29) is 17.9 Å². The maximum atomic E-state index is 12.2. The van der Waals surface area contributed by atoms with E-state index in [1.807, 2.05) is 50.8 Å². The number of halogens is 1. The number of hydrogen-bond donors (Lipinski definition) is 1. The van der Waals surface area contributed by atoms with Crippen LogP contribution in [-0.2, 0) is 4.79 Å². The van der Waals surface area contributed by atoms with Gasteiger partial charge in [0.25, 0.3) is 0 Å². The Morgan fingerprint density at radius 2 is 2.12 bits per heavy atom. The first-order chi connectivity index (χ1) is 11.3. The van der Waals surface area contributed by atoms with E-state index in [4.69, 9.17) is 28.6 Å². The molecule has 1 N–H and O–H groups in total. The van der Waals surface area contributed by atoms with E-state index in [9.17, 15) is 4.79 Å². The second kappa shape index (κ2) is 7.53. The van der Waals surface area contributed by atoms with Gasteiger partial charge in [0.15, 0.2) is 10.9 Å². The molecule has 1 unspecified atom stereocenters. The van der Waals surface area contributed by atoms with Gasteiger partial charge in [-0.3, -0.25) is 4.79 Å². The lowest BCUT2D eigenvalue weighted by Gasteiger charge is -2.37. The summed E-state index contributed by atoms with van der Waals surface area (Å²) in [5.41, 5.74) is 2.48. The standard InChI is InChI=1S/C18H23ClN2O2S/c1-6-21-11(4)16(12(5)22)17(20-18(21)24)13-7-8-15(14(19)9-13)23-10(2)3/h7-10,17H,6H2,1-5H3,(H,20,24). The molecule has 0 fully saturated rings. The minimum Gasteiger partial charge on any atom is -0.489 e. The molecule has 130 valence electrons. The monoisotopic (exact) mass is 366 g/mol. The molecule has 0 spiro atoms. The van der Waals surface area contributed by atoms with Crippen LogP contribution in [0.25, 0.3) is 0 Å². The highest BCUT2D eigenvalue weighted by Gasteiger charge is 2.31. The van der Waals surface area contributed by atoms with Crippen LogP contribution in [0.15, 0.2) is 29.5 Å². The molecule has 0 aliphatic carbocycles. The molecule has 2 rings (SSSR count). The molecule has 1 aromatic rings. The molecule has 0 saturated carbocycles. The number of benzene rings is 1. The van der Waals surface area contributed by atoms with Crippen LogP contribution in [0, 0.1) is 0 Å². The fourth-order valence-corrected chi connectivity index (χ4v) is 3.53. The Labute approximate surface area is 153 Å². The normalized spacial score (nSPS) is 18.0. The number of allylic oxidation sites excluding steroid dienone is 1. The van der Waals surface area contributed by atoms with Crippen molar-refractivity contribution >= 4 is 34.7 Å². The number of nitrogens with zero attached hydrogens (tertiary/aromatic N) is 1. The molecule has 1 atom stereocenters. The van der Waals surface area contributed by atoms with E-state index in [0.717, 1.165) is 11.3 Å². The summed E-state index contributed by atoms with van der Waals surface area (Å²) in [5, 5.41) is 4.40. The van der Waals surface area contributed by atoms with Crippen molar-refractivity contribution in [3.8, 4) is 5.75 Å². The Hall–Kier alpha value is -1.59. The van der Waals surface area contributed by atoms with Crippen LogP contribution in [0.2, 0.25) is 5.02 Å². The molecule has 1 aromatic carbocycles. The van der Waals surface area contributed by atoms with Crippen molar-refractivity contribution < 1.29 is 9.53 Å². The second-order valence-corrected chi connectivity index (χ2v) is 6.83. The third kappa shape index (κ3) is 3.73. The van der Waals surface area contributed by atoms with Gasteiger partial charge in [-0.25, -0.2) is 0 Å². The Kier molecular flexibility index (Phi) is 5.88. The lowest BCUT2D eigenvalue weighted by Crippen LogP contribution is -2.47. The molecular weight excluding hydrogens is 344 g/mol. The number of Topliss-reactive ketones (excluding diaryl/α,β-unsaturated/α-hetero) is 1. The topological polar surface area (TPSA) is 41.6 Å². The summed E-state index contributed by atoms with van der Waals surface area (Å²) in [6, 6.07) is 5.28. The van der Waals surface area contributed by atoms with Crippen LogP contribution in [-0.4, -0.2) is 28.4 Å². The van der Waals surface area contributed by atoms with Crippen molar-refractivity contribution in [2.24, 2.45) is 0 Å². The quantitative estimate of drug-likeness (QED) is 0.789.